The number of piperidine rings is 1. The topological polar surface area (TPSA) is 149 Å². The molecule has 0 aliphatic carbocycles. The summed E-state index contributed by atoms with van der Waals surface area (Å²) in [5.74, 6) is 0.227. The Morgan fingerprint density at radius 1 is 1.00 bits per heavy atom. The molecule has 0 radical (unpaired) electrons. The maximum absolute atomic E-state index is 13.7. The number of ether oxygens (including phenoxy) is 1. The molecule has 7 rings (SSSR count). The highest BCUT2D eigenvalue weighted by atomic mass is 35.5. The van der Waals surface area contributed by atoms with Gasteiger partial charge in [0.05, 0.1) is 22.8 Å². The van der Waals surface area contributed by atoms with Crippen LogP contribution in [0.5, 0.6) is 5.75 Å². The lowest BCUT2D eigenvalue weighted by Crippen LogP contribution is -2.52. The van der Waals surface area contributed by atoms with Crippen molar-refractivity contribution < 1.29 is 28.3 Å². The normalized spacial score (nSPS) is 17.2. The molecule has 3 N–H and O–H groups in total. The fraction of sp³-hybridized carbons (Fsp3) is 0.395. The Kier molecular flexibility index (Phi) is 14.1. The predicted molar refractivity (Wildman–Crippen MR) is 228 cm³/mol. The Morgan fingerprint density at radius 2 is 1.78 bits per heavy atom. The monoisotopic (exact) mass is 842 g/mol. The molecular weight excluding hydrogens is 795 g/mol. The smallest absolute Gasteiger partial charge is 0.255 e. The van der Waals surface area contributed by atoms with E-state index in [1.165, 1.54) is 31.0 Å². The molecular formula is C43H48ClFN8O5S. The Morgan fingerprint density at radius 3 is 2.54 bits per heavy atom. The summed E-state index contributed by atoms with van der Waals surface area (Å²) in [5, 5.41) is 8.97. The van der Waals surface area contributed by atoms with Crippen LogP contribution in [0.2, 0.25) is 5.02 Å². The molecule has 0 spiro atoms. The summed E-state index contributed by atoms with van der Waals surface area (Å²) >= 11 is 7.75. The largest absolute Gasteiger partial charge is 0.491 e. The van der Waals surface area contributed by atoms with E-state index >= 15 is 0 Å². The summed E-state index contributed by atoms with van der Waals surface area (Å²) in [6, 6.07) is 13.0. The van der Waals surface area contributed by atoms with E-state index < -0.39 is 11.9 Å². The third kappa shape index (κ3) is 10.6. The van der Waals surface area contributed by atoms with E-state index in [0.717, 1.165) is 81.2 Å². The van der Waals surface area contributed by atoms with Gasteiger partial charge >= 0.3 is 0 Å². The number of benzene rings is 3. The van der Waals surface area contributed by atoms with Gasteiger partial charge in [-0.25, -0.2) is 14.4 Å². The van der Waals surface area contributed by atoms with Crippen molar-refractivity contribution in [2.75, 3.05) is 62.3 Å². The number of fused-ring (bicyclic) bond motifs is 2. The fourth-order valence-corrected chi connectivity index (χ4v) is 8.94. The van der Waals surface area contributed by atoms with Crippen LogP contribution in [0.25, 0.3) is 10.9 Å². The number of anilines is 3. The molecule has 4 aromatic rings. The van der Waals surface area contributed by atoms with Crippen LogP contribution >= 0.6 is 23.4 Å². The molecule has 0 saturated carbocycles. The molecule has 3 aromatic carbocycles. The Labute approximate surface area is 352 Å². The summed E-state index contributed by atoms with van der Waals surface area (Å²) in [6.07, 6.45) is 8.62. The highest BCUT2D eigenvalue weighted by molar-refractivity contribution is 7.99. The van der Waals surface area contributed by atoms with Gasteiger partial charge in [-0.05, 0) is 86.0 Å². The van der Waals surface area contributed by atoms with Gasteiger partial charge in [0.1, 0.15) is 29.8 Å². The van der Waals surface area contributed by atoms with Crippen LogP contribution in [-0.4, -0.2) is 106 Å². The quantitative estimate of drug-likeness (QED) is 0.0421. The molecule has 310 valence electrons. The second-order valence-electron chi connectivity index (χ2n) is 14.9. The molecule has 1 unspecified atom stereocenters. The summed E-state index contributed by atoms with van der Waals surface area (Å²) < 4.78 is 19.9. The standard InChI is InChI=1S/C43H48ClFN8O5S/c1-2-39(54)49-35-24-30-34(46-27-47-41(30)48-28-11-12-33(45)32(44)23-28)25-37(35)58-21-8-16-52-19-17-51(18-20-52)15-5-3-4-6-22-59-38-10-7-9-29-31(38)26-53(43(29)57)36-13-14-40(55)50-42(36)56/h2,7,9-12,23-25,27,36H,1,3-6,8,13-22,26H2,(H,49,54)(H,46,47,48)(H,50,55,56). The van der Waals surface area contributed by atoms with Crippen molar-refractivity contribution in [3.63, 3.8) is 0 Å². The van der Waals surface area contributed by atoms with Gasteiger partial charge in [-0.2, -0.15) is 0 Å². The highest BCUT2D eigenvalue weighted by Gasteiger charge is 2.39. The molecule has 4 heterocycles. The van der Waals surface area contributed by atoms with Gasteiger partial charge < -0.3 is 30.1 Å². The van der Waals surface area contributed by atoms with Crippen LogP contribution in [0.1, 0.15) is 60.9 Å². The maximum Gasteiger partial charge on any atom is 0.255 e. The third-order valence-electron chi connectivity index (χ3n) is 10.9. The summed E-state index contributed by atoms with van der Waals surface area (Å²) in [5.41, 5.74) is 3.27. The first-order valence-corrected chi connectivity index (χ1v) is 21.4. The molecule has 1 atom stereocenters. The minimum atomic E-state index is -0.598. The van der Waals surface area contributed by atoms with Crippen LogP contribution in [0.3, 0.4) is 0 Å². The number of halogens is 2. The van der Waals surface area contributed by atoms with Gasteiger partial charge in [0.2, 0.25) is 17.7 Å². The van der Waals surface area contributed by atoms with Gasteiger partial charge in [-0.15, -0.1) is 11.8 Å². The Balaban J connectivity index is 0.798. The van der Waals surface area contributed by atoms with Gasteiger partial charge in [0, 0.05) is 73.3 Å². The van der Waals surface area contributed by atoms with Crippen LogP contribution in [0.15, 0.2) is 72.4 Å². The number of piperazine rings is 1. The highest BCUT2D eigenvalue weighted by Crippen LogP contribution is 2.36. The molecule has 2 saturated heterocycles. The predicted octanol–water partition coefficient (Wildman–Crippen LogP) is 6.79. The number of carbonyl (C=O) groups is 4. The van der Waals surface area contributed by atoms with E-state index in [2.05, 4.69) is 48.4 Å². The van der Waals surface area contributed by atoms with Crippen molar-refractivity contribution in [2.24, 2.45) is 0 Å². The van der Waals surface area contributed by atoms with E-state index in [9.17, 15) is 23.6 Å². The van der Waals surface area contributed by atoms with Crippen molar-refractivity contribution >= 4 is 75.1 Å². The van der Waals surface area contributed by atoms with Crippen molar-refractivity contribution in [3.05, 3.63) is 89.5 Å². The lowest BCUT2D eigenvalue weighted by atomic mass is 10.0. The second kappa shape index (κ2) is 19.8. The van der Waals surface area contributed by atoms with Crippen molar-refractivity contribution in [2.45, 2.75) is 62.4 Å². The van der Waals surface area contributed by atoms with Crippen LogP contribution in [0.4, 0.5) is 21.6 Å². The van der Waals surface area contributed by atoms with Gasteiger partial charge in [0.15, 0.2) is 0 Å². The lowest BCUT2D eigenvalue weighted by Gasteiger charge is -2.34. The van der Waals surface area contributed by atoms with Crippen molar-refractivity contribution in [1.29, 1.82) is 0 Å². The zero-order chi connectivity index (χ0) is 41.3. The number of nitrogens with one attached hydrogen (secondary N) is 3. The van der Waals surface area contributed by atoms with Crippen LogP contribution < -0.4 is 20.7 Å². The number of unbranched alkanes of at least 4 members (excludes halogenated alkanes) is 3. The number of amides is 4. The SMILES string of the molecule is C=CC(=O)Nc1cc2c(Nc3ccc(F)c(Cl)c3)ncnc2cc1OCCCN1CCN(CCCCCCSc2cccc3c2CN(C2CCC(=O)NC2=O)C3=O)CC1. The first-order chi connectivity index (χ1) is 28.7. The summed E-state index contributed by atoms with van der Waals surface area (Å²) in [6.45, 7) is 10.5. The maximum atomic E-state index is 13.7. The van der Waals surface area contributed by atoms with Gasteiger partial charge in [-0.3, -0.25) is 24.5 Å². The van der Waals surface area contributed by atoms with E-state index in [4.69, 9.17) is 16.3 Å². The number of thioether (sulfide) groups is 1. The van der Waals surface area contributed by atoms with Crippen molar-refractivity contribution in [3.8, 4) is 5.75 Å². The van der Waals surface area contributed by atoms with E-state index in [1.807, 2.05) is 12.1 Å². The van der Waals surface area contributed by atoms with Crippen LogP contribution in [0, 0.1) is 5.82 Å². The molecule has 13 nitrogen and oxygen atoms in total. The molecule has 2 fully saturated rings. The minimum Gasteiger partial charge on any atom is -0.491 e. The number of carbonyl (C=O) groups excluding carboxylic acids is 4. The fourth-order valence-electron chi connectivity index (χ4n) is 7.67. The molecule has 3 aliphatic rings. The first kappa shape index (κ1) is 42.0. The third-order valence-corrected chi connectivity index (χ3v) is 12.3. The van der Waals surface area contributed by atoms with E-state index in [0.29, 0.717) is 59.0 Å². The molecule has 4 amide bonds. The molecule has 59 heavy (non-hydrogen) atoms. The van der Waals surface area contributed by atoms with Crippen LogP contribution in [-0.2, 0) is 20.9 Å². The first-order valence-electron chi connectivity index (χ1n) is 20.1. The Hall–Kier alpha value is -5.09. The number of nitrogens with zero attached hydrogens (tertiary/aromatic N) is 5. The van der Waals surface area contributed by atoms with E-state index in [-0.39, 0.29) is 35.1 Å². The average Bonchev–Trinajstić information content (AvgIpc) is 3.57. The molecule has 16 heteroatoms. The van der Waals surface area contributed by atoms with Gasteiger partial charge in [-0.1, -0.05) is 37.1 Å². The molecule has 3 aliphatic heterocycles. The number of hydrogen-bond donors (Lipinski definition) is 3. The van der Waals surface area contributed by atoms with Gasteiger partial charge in [0.25, 0.3) is 5.91 Å². The van der Waals surface area contributed by atoms with Crippen molar-refractivity contribution in [1.82, 2.24) is 30.0 Å². The number of hydrogen-bond acceptors (Lipinski definition) is 11. The zero-order valence-corrected chi connectivity index (χ0v) is 34.4. The molecule has 0 bridgehead atoms. The summed E-state index contributed by atoms with van der Waals surface area (Å²) in [7, 11) is 0. The average molecular weight is 843 g/mol. The zero-order valence-electron chi connectivity index (χ0n) is 32.8. The lowest BCUT2D eigenvalue weighted by molar-refractivity contribution is -0.137. The Bertz CT molecular complexity index is 2220. The number of imide groups is 1. The number of rotatable bonds is 18. The molecule has 1 aromatic heterocycles. The number of aromatic nitrogens is 2. The summed E-state index contributed by atoms with van der Waals surface area (Å²) in [4.78, 5) is 66.0. The minimum absolute atomic E-state index is 0.0157. The second-order valence-corrected chi connectivity index (χ2v) is 16.4. The van der Waals surface area contributed by atoms with E-state index in [1.54, 1.807) is 34.9 Å².